The van der Waals surface area contributed by atoms with E-state index in [9.17, 15) is 14.4 Å². The van der Waals surface area contributed by atoms with Gasteiger partial charge in [-0.3, -0.25) is 19.7 Å². The summed E-state index contributed by atoms with van der Waals surface area (Å²) < 4.78 is 0. The molecule has 1 fully saturated rings. The minimum absolute atomic E-state index is 0.182. The standard InChI is InChI=1S/C19H20Cl2N4O3/c1-19(2,14-8-22-9-24-14)18(28)23-7-10-5-12(20)16(13(21)6-10)11-3-4-15(26)25-17(11)27/h5-6,8-9,11H,3-4,7H2,1-2H3,(H,22,24)(H,23,28)(H,25,26,27). The number of imidazole rings is 1. The summed E-state index contributed by atoms with van der Waals surface area (Å²) in [5.74, 6) is -1.45. The summed E-state index contributed by atoms with van der Waals surface area (Å²) in [5.41, 5.74) is 1.13. The van der Waals surface area contributed by atoms with Crippen LogP contribution in [0.15, 0.2) is 24.7 Å². The van der Waals surface area contributed by atoms with Gasteiger partial charge in [0, 0.05) is 40.5 Å². The van der Waals surface area contributed by atoms with Crippen LogP contribution in [0.2, 0.25) is 10.0 Å². The molecule has 0 bridgehead atoms. The topological polar surface area (TPSA) is 104 Å². The van der Waals surface area contributed by atoms with E-state index >= 15 is 0 Å². The zero-order valence-electron chi connectivity index (χ0n) is 15.4. The van der Waals surface area contributed by atoms with E-state index in [0.29, 0.717) is 33.3 Å². The number of carbonyl (C=O) groups is 3. The average molecular weight is 423 g/mol. The molecule has 148 valence electrons. The molecular weight excluding hydrogens is 403 g/mol. The van der Waals surface area contributed by atoms with Crippen LogP contribution < -0.4 is 10.6 Å². The molecule has 1 aliphatic heterocycles. The Morgan fingerprint density at radius 3 is 2.54 bits per heavy atom. The van der Waals surface area contributed by atoms with Gasteiger partial charge in [0.25, 0.3) is 0 Å². The molecule has 3 N–H and O–H groups in total. The second-order valence-corrected chi connectivity index (χ2v) is 8.06. The molecule has 7 nitrogen and oxygen atoms in total. The third-order valence-corrected chi connectivity index (χ3v) is 5.54. The van der Waals surface area contributed by atoms with Crippen molar-refractivity contribution in [1.82, 2.24) is 20.6 Å². The summed E-state index contributed by atoms with van der Waals surface area (Å²) in [5, 5.41) is 5.84. The molecule has 2 heterocycles. The lowest BCUT2D eigenvalue weighted by atomic mass is 9.88. The van der Waals surface area contributed by atoms with Crippen LogP contribution in [-0.4, -0.2) is 27.7 Å². The molecule has 3 amide bonds. The monoisotopic (exact) mass is 422 g/mol. The first kappa shape index (κ1) is 20.4. The van der Waals surface area contributed by atoms with E-state index in [-0.39, 0.29) is 24.8 Å². The van der Waals surface area contributed by atoms with Crippen LogP contribution in [0, 0.1) is 0 Å². The molecule has 0 radical (unpaired) electrons. The molecule has 28 heavy (non-hydrogen) atoms. The van der Waals surface area contributed by atoms with Gasteiger partial charge in [0.15, 0.2) is 0 Å². The van der Waals surface area contributed by atoms with Gasteiger partial charge in [0.2, 0.25) is 17.7 Å². The molecule has 0 spiro atoms. The second-order valence-electron chi connectivity index (χ2n) is 7.25. The molecule has 2 aromatic rings. The van der Waals surface area contributed by atoms with E-state index in [2.05, 4.69) is 20.6 Å². The van der Waals surface area contributed by atoms with Crippen LogP contribution in [0.25, 0.3) is 0 Å². The van der Waals surface area contributed by atoms with Gasteiger partial charge in [0.05, 0.1) is 17.7 Å². The lowest BCUT2D eigenvalue weighted by molar-refractivity contribution is -0.134. The Labute approximate surface area is 172 Å². The van der Waals surface area contributed by atoms with E-state index in [1.807, 2.05) is 0 Å². The number of rotatable bonds is 5. The molecule has 0 saturated carbocycles. The Morgan fingerprint density at radius 2 is 1.96 bits per heavy atom. The highest BCUT2D eigenvalue weighted by Gasteiger charge is 2.32. The molecule has 1 saturated heterocycles. The Hall–Kier alpha value is -2.38. The van der Waals surface area contributed by atoms with Crippen molar-refractivity contribution in [2.45, 2.75) is 44.6 Å². The molecule has 1 aliphatic rings. The SMILES string of the molecule is CC(C)(C(=O)NCc1cc(Cl)c(C2CCC(=O)NC2=O)c(Cl)c1)c1cnc[nH]1. The van der Waals surface area contributed by atoms with Crippen LogP contribution >= 0.6 is 23.2 Å². The number of hydrogen-bond acceptors (Lipinski definition) is 4. The number of aromatic nitrogens is 2. The minimum Gasteiger partial charge on any atom is -0.351 e. The highest BCUT2D eigenvalue weighted by atomic mass is 35.5. The molecule has 1 aromatic heterocycles. The number of imide groups is 1. The number of nitrogens with one attached hydrogen (secondary N) is 3. The second kappa shape index (κ2) is 7.93. The van der Waals surface area contributed by atoms with E-state index in [4.69, 9.17) is 23.2 Å². The number of aromatic amines is 1. The van der Waals surface area contributed by atoms with E-state index in [0.717, 1.165) is 0 Å². The normalized spacial score (nSPS) is 17.4. The first-order chi connectivity index (χ1) is 13.2. The summed E-state index contributed by atoms with van der Waals surface area (Å²) in [7, 11) is 0. The summed E-state index contributed by atoms with van der Waals surface area (Å²) >= 11 is 12.8. The Balaban J connectivity index is 1.73. The molecule has 1 unspecified atom stereocenters. The zero-order valence-corrected chi connectivity index (χ0v) is 16.9. The van der Waals surface area contributed by atoms with Gasteiger partial charge in [-0.05, 0) is 38.0 Å². The quantitative estimate of drug-likeness (QED) is 0.644. The average Bonchev–Trinajstić information content (AvgIpc) is 3.16. The summed E-state index contributed by atoms with van der Waals surface area (Å²) in [6, 6.07) is 3.35. The van der Waals surface area contributed by atoms with Gasteiger partial charge < -0.3 is 10.3 Å². The van der Waals surface area contributed by atoms with Crippen molar-refractivity contribution in [1.29, 1.82) is 0 Å². The minimum atomic E-state index is -0.781. The number of carbonyl (C=O) groups excluding carboxylic acids is 3. The van der Waals surface area contributed by atoms with Gasteiger partial charge in [-0.1, -0.05) is 23.2 Å². The molecule has 9 heteroatoms. The van der Waals surface area contributed by atoms with Crippen LogP contribution in [0.5, 0.6) is 0 Å². The lowest BCUT2D eigenvalue weighted by Crippen LogP contribution is -2.40. The van der Waals surface area contributed by atoms with E-state index < -0.39 is 17.2 Å². The predicted molar refractivity (Wildman–Crippen MR) is 105 cm³/mol. The third-order valence-electron chi connectivity index (χ3n) is 4.92. The van der Waals surface area contributed by atoms with Gasteiger partial charge >= 0.3 is 0 Å². The molecular formula is C19H20Cl2N4O3. The van der Waals surface area contributed by atoms with Crippen LogP contribution in [0.3, 0.4) is 0 Å². The highest BCUT2D eigenvalue weighted by molar-refractivity contribution is 6.36. The zero-order chi connectivity index (χ0) is 20.5. The third kappa shape index (κ3) is 4.05. The summed E-state index contributed by atoms with van der Waals surface area (Å²) in [4.78, 5) is 43.0. The number of nitrogens with zero attached hydrogens (tertiary/aromatic N) is 1. The first-order valence-corrected chi connectivity index (χ1v) is 9.54. The van der Waals surface area contributed by atoms with Gasteiger partial charge in [-0.15, -0.1) is 0 Å². The van der Waals surface area contributed by atoms with Crippen LogP contribution in [0.4, 0.5) is 0 Å². The van der Waals surface area contributed by atoms with Crippen molar-refractivity contribution in [2.24, 2.45) is 0 Å². The number of halogens is 2. The maximum absolute atomic E-state index is 12.6. The van der Waals surface area contributed by atoms with Crippen molar-refractivity contribution < 1.29 is 14.4 Å². The Kier molecular flexibility index (Phi) is 5.76. The van der Waals surface area contributed by atoms with Crippen molar-refractivity contribution in [2.75, 3.05) is 0 Å². The largest absolute Gasteiger partial charge is 0.351 e. The number of H-pyrrole nitrogens is 1. The number of amides is 3. The molecule has 1 aromatic carbocycles. The fraction of sp³-hybridized carbons (Fsp3) is 0.368. The Morgan fingerprint density at radius 1 is 1.29 bits per heavy atom. The maximum atomic E-state index is 12.6. The van der Waals surface area contributed by atoms with Gasteiger partial charge in [-0.25, -0.2) is 4.98 Å². The van der Waals surface area contributed by atoms with Gasteiger partial charge in [-0.2, -0.15) is 0 Å². The highest BCUT2D eigenvalue weighted by Crippen LogP contribution is 2.37. The predicted octanol–water partition coefficient (Wildman–Crippen LogP) is 2.83. The van der Waals surface area contributed by atoms with Crippen LogP contribution in [0.1, 0.15) is 49.4 Å². The number of benzene rings is 1. The fourth-order valence-electron chi connectivity index (χ4n) is 3.16. The first-order valence-electron chi connectivity index (χ1n) is 8.79. The smallest absolute Gasteiger partial charge is 0.234 e. The van der Waals surface area contributed by atoms with Gasteiger partial charge in [0.1, 0.15) is 0 Å². The van der Waals surface area contributed by atoms with Crippen molar-refractivity contribution in [3.63, 3.8) is 0 Å². The maximum Gasteiger partial charge on any atom is 0.234 e. The van der Waals surface area contributed by atoms with E-state index in [1.165, 1.54) is 6.33 Å². The molecule has 3 rings (SSSR count). The van der Waals surface area contributed by atoms with Crippen molar-refractivity contribution in [3.8, 4) is 0 Å². The van der Waals surface area contributed by atoms with Crippen molar-refractivity contribution in [3.05, 3.63) is 51.5 Å². The Bertz CT molecular complexity index is 902. The van der Waals surface area contributed by atoms with E-state index in [1.54, 1.807) is 32.2 Å². The van der Waals surface area contributed by atoms with Crippen LogP contribution in [-0.2, 0) is 26.3 Å². The summed E-state index contributed by atoms with van der Waals surface area (Å²) in [6.07, 6.45) is 3.74. The fourth-order valence-corrected chi connectivity index (χ4v) is 3.96. The summed E-state index contributed by atoms with van der Waals surface area (Å²) in [6.45, 7) is 3.81. The lowest BCUT2D eigenvalue weighted by Gasteiger charge is -2.24. The molecule has 0 aliphatic carbocycles. The number of hydrogen-bond donors (Lipinski definition) is 3. The number of piperidine rings is 1. The van der Waals surface area contributed by atoms with Crippen molar-refractivity contribution >= 4 is 40.9 Å². The molecule has 1 atom stereocenters.